The topological polar surface area (TPSA) is 107 Å². The first-order valence-electron chi connectivity index (χ1n) is 9.68. The highest BCUT2D eigenvalue weighted by Crippen LogP contribution is 2.23. The second-order valence-electron chi connectivity index (χ2n) is 6.95. The van der Waals surface area contributed by atoms with Gasteiger partial charge in [-0.1, -0.05) is 23.5 Å². The van der Waals surface area contributed by atoms with Gasteiger partial charge in [0.05, 0.1) is 40.6 Å². The van der Waals surface area contributed by atoms with Crippen molar-refractivity contribution < 1.29 is 28.7 Å². The average Bonchev–Trinajstić information content (AvgIpc) is 3.26. The van der Waals surface area contributed by atoms with Crippen LogP contribution in [0.5, 0.6) is 0 Å². The molecule has 0 fully saturated rings. The van der Waals surface area contributed by atoms with E-state index < -0.39 is 30.2 Å². The van der Waals surface area contributed by atoms with Crippen LogP contribution >= 0.6 is 11.3 Å². The largest absolute Gasteiger partial charge is 0.465 e. The first-order valence-corrected chi connectivity index (χ1v) is 10.5. The first kappa shape index (κ1) is 21.6. The molecule has 3 amide bonds. The number of aromatic nitrogens is 1. The molecule has 0 atom stereocenters. The Balaban J connectivity index is 1.68. The van der Waals surface area contributed by atoms with Crippen LogP contribution in [0.4, 0.5) is 0 Å². The Morgan fingerprint density at radius 3 is 2.34 bits per heavy atom. The number of benzene rings is 2. The van der Waals surface area contributed by atoms with Crippen LogP contribution in [0.3, 0.4) is 0 Å². The van der Waals surface area contributed by atoms with Gasteiger partial charge in [0.15, 0.2) is 4.80 Å². The lowest BCUT2D eigenvalue weighted by atomic mass is 10.1. The van der Waals surface area contributed by atoms with E-state index in [1.165, 1.54) is 18.4 Å². The van der Waals surface area contributed by atoms with Crippen LogP contribution < -0.4 is 4.80 Å². The van der Waals surface area contributed by atoms with E-state index in [0.29, 0.717) is 23.5 Å². The summed E-state index contributed by atoms with van der Waals surface area (Å²) in [6.07, 6.45) is 0. The molecular weight excluding hydrogens is 434 g/mol. The van der Waals surface area contributed by atoms with Gasteiger partial charge in [-0.15, -0.1) is 0 Å². The number of imide groups is 1. The van der Waals surface area contributed by atoms with E-state index in [4.69, 9.17) is 9.47 Å². The molecule has 4 rings (SSSR count). The van der Waals surface area contributed by atoms with Gasteiger partial charge in [0, 0.05) is 13.7 Å². The van der Waals surface area contributed by atoms with E-state index in [1.54, 1.807) is 54.1 Å². The number of amides is 3. The molecular formula is C22H19N3O6S. The highest BCUT2D eigenvalue weighted by molar-refractivity contribution is 7.16. The number of rotatable bonds is 6. The number of ether oxygens (including phenoxy) is 2. The Hall–Kier alpha value is -3.63. The van der Waals surface area contributed by atoms with Gasteiger partial charge in [0.1, 0.15) is 6.54 Å². The second-order valence-corrected chi connectivity index (χ2v) is 7.96. The molecule has 164 valence electrons. The third kappa shape index (κ3) is 3.85. The molecule has 1 aliphatic rings. The maximum atomic E-state index is 12.7. The smallest absolute Gasteiger partial charge is 0.337 e. The molecule has 32 heavy (non-hydrogen) atoms. The number of hydrogen-bond acceptors (Lipinski definition) is 7. The Labute approximate surface area is 186 Å². The van der Waals surface area contributed by atoms with Crippen molar-refractivity contribution in [1.82, 2.24) is 9.47 Å². The molecule has 0 unspecified atom stereocenters. The minimum Gasteiger partial charge on any atom is -0.465 e. The molecule has 0 spiro atoms. The molecule has 0 bridgehead atoms. The van der Waals surface area contributed by atoms with Crippen LogP contribution in [0.25, 0.3) is 10.2 Å². The van der Waals surface area contributed by atoms with Gasteiger partial charge in [-0.05, 0) is 30.3 Å². The van der Waals surface area contributed by atoms with Crippen LogP contribution in [-0.4, -0.2) is 60.5 Å². The molecule has 1 aromatic heterocycles. The Morgan fingerprint density at radius 1 is 1.03 bits per heavy atom. The highest BCUT2D eigenvalue weighted by atomic mass is 32.1. The fourth-order valence-corrected chi connectivity index (χ4v) is 4.57. The summed E-state index contributed by atoms with van der Waals surface area (Å²) in [6.45, 7) is 0.343. The van der Waals surface area contributed by atoms with E-state index >= 15 is 0 Å². The average molecular weight is 453 g/mol. The minimum absolute atomic E-state index is 0.276. The summed E-state index contributed by atoms with van der Waals surface area (Å²) in [5.41, 5.74) is 1.70. The maximum Gasteiger partial charge on any atom is 0.337 e. The summed E-state index contributed by atoms with van der Waals surface area (Å²) in [5, 5.41) is 0. The quantitative estimate of drug-likeness (QED) is 0.417. The summed E-state index contributed by atoms with van der Waals surface area (Å²) in [4.78, 5) is 55.1. The maximum absolute atomic E-state index is 12.7. The molecule has 0 N–H and O–H groups in total. The zero-order valence-electron chi connectivity index (χ0n) is 17.4. The number of nitrogens with zero attached hydrogens (tertiary/aromatic N) is 3. The van der Waals surface area contributed by atoms with Crippen LogP contribution in [0.2, 0.25) is 0 Å². The van der Waals surface area contributed by atoms with Gasteiger partial charge < -0.3 is 14.0 Å². The number of hydrogen-bond donors (Lipinski definition) is 0. The standard InChI is InChI=1S/C22H19N3O6S/c1-30-10-9-24-16-8-7-13(21(29)31-2)11-17(16)32-22(24)23-18(26)12-25-19(27)14-5-3-4-6-15(14)20(25)28/h3-8,11H,9-10,12H2,1-2H3. The molecule has 1 aliphatic heterocycles. The molecule has 9 nitrogen and oxygen atoms in total. The van der Waals surface area contributed by atoms with Crippen molar-refractivity contribution in [2.24, 2.45) is 4.99 Å². The fraction of sp³-hybridized carbons (Fsp3) is 0.227. The molecule has 0 radical (unpaired) electrons. The summed E-state index contributed by atoms with van der Waals surface area (Å²) < 4.78 is 12.5. The highest BCUT2D eigenvalue weighted by Gasteiger charge is 2.36. The van der Waals surface area contributed by atoms with Gasteiger partial charge in [-0.3, -0.25) is 19.3 Å². The van der Waals surface area contributed by atoms with Crippen LogP contribution in [0.15, 0.2) is 47.5 Å². The number of carbonyl (C=O) groups is 4. The Kier molecular flexibility index (Phi) is 5.97. The molecule has 2 heterocycles. The summed E-state index contributed by atoms with van der Waals surface area (Å²) >= 11 is 1.22. The van der Waals surface area contributed by atoms with Gasteiger partial charge in [-0.25, -0.2) is 4.79 Å². The molecule has 2 aromatic carbocycles. The summed E-state index contributed by atoms with van der Waals surface area (Å²) in [7, 11) is 2.87. The summed E-state index contributed by atoms with van der Waals surface area (Å²) in [5.74, 6) is -2.13. The predicted octanol–water partition coefficient (Wildman–Crippen LogP) is 1.86. The minimum atomic E-state index is -0.634. The molecule has 0 aliphatic carbocycles. The molecule has 3 aromatic rings. The van der Waals surface area contributed by atoms with Crippen molar-refractivity contribution in [3.63, 3.8) is 0 Å². The van der Waals surface area contributed by atoms with Crippen molar-refractivity contribution in [2.75, 3.05) is 27.4 Å². The van der Waals surface area contributed by atoms with E-state index in [-0.39, 0.29) is 11.1 Å². The normalized spacial score (nSPS) is 13.7. The number of methoxy groups -OCH3 is 2. The third-order valence-corrected chi connectivity index (χ3v) is 6.06. The van der Waals surface area contributed by atoms with Crippen LogP contribution in [0, 0.1) is 0 Å². The molecule has 0 saturated heterocycles. The van der Waals surface area contributed by atoms with Gasteiger partial charge in [0.25, 0.3) is 17.7 Å². The molecule has 0 saturated carbocycles. The third-order valence-electron chi connectivity index (χ3n) is 5.01. The van der Waals surface area contributed by atoms with Crippen molar-refractivity contribution in [3.05, 3.63) is 64.0 Å². The molecule has 10 heteroatoms. The van der Waals surface area contributed by atoms with Gasteiger partial charge >= 0.3 is 5.97 Å². The monoisotopic (exact) mass is 453 g/mol. The van der Waals surface area contributed by atoms with E-state index in [0.717, 1.165) is 15.1 Å². The van der Waals surface area contributed by atoms with Crippen molar-refractivity contribution in [1.29, 1.82) is 0 Å². The van der Waals surface area contributed by atoms with E-state index in [2.05, 4.69) is 4.99 Å². The van der Waals surface area contributed by atoms with E-state index in [9.17, 15) is 19.2 Å². The van der Waals surface area contributed by atoms with Crippen LogP contribution in [-0.2, 0) is 20.8 Å². The number of thiazole rings is 1. The number of fused-ring (bicyclic) bond motifs is 2. The predicted molar refractivity (Wildman–Crippen MR) is 115 cm³/mol. The lowest BCUT2D eigenvalue weighted by Gasteiger charge is -2.10. The zero-order chi connectivity index (χ0) is 22.8. The van der Waals surface area contributed by atoms with Crippen LogP contribution in [0.1, 0.15) is 31.1 Å². The fourth-order valence-electron chi connectivity index (χ4n) is 3.46. The van der Waals surface area contributed by atoms with Gasteiger partial charge in [-0.2, -0.15) is 4.99 Å². The number of esters is 1. The number of carbonyl (C=O) groups excluding carboxylic acids is 4. The zero-order valence-corrected chi connectivity index (χ0v) is 18.2. The van der Waals surface area contributed by atoms with E-state index in [1.807, 2.05) is 0 Å². The first-order chi connectivity index (χ1) is 15.4. The summed E-state index contributed by atoms with van der Waals surface area (Å²) in [6, 6.07) is 11.5. The second kappa shape index (κ2) is 8.85. The Morgan fingerprint density at radius 2 is 1.72 bits per heavy atom. The van der Waals surface area contributed by atoms with Crippen molar-refractivity contribution >= 4 is 45.2 Å². The van der Waals surface area contributed by atoms with Crippen molar-refractivity contribution in [2.45, 2.75) is 6.54 Å². The SMILES string of the molecule is COCCn1c(=NC(=O)CN2C(=O)c3ccccc3C2=O)sc2cc(C(=O)OC)ccc21. The lowest BCUT2D eigenvalue weighted by molar-refractivity contribution is -0.118. The lowest BCUT2D eigenvalue weighted by Crippen LogP contribution is -2.35. The van der Waals surface area contributed by atoms with Gasteiger partial charge in [0.2, 0.25) is 0 Å². The Bertz CT molecular complexity index is 1290. The van der Waals surface area contributed by atoms with Crippen molar-refractivity contribution in [3.8, 4) is 0 Å².